The van der Waals surface area contributed by atoms with Gasteiger partial charge in [-0.15, -0.1) is 0 Å². The lowest BCUT2D eigenvalue weighted by Gasteiger charge is -2.34. The van der Waals surface area contributed by atoms with Crippen molar-refractivity contribution in [3.8, 4) is 33.9 Å². The lowest BCUT2D eigenvalue weighted by Crippen LogP contribution is -2.66. The molecule has 2 heterocycles. The van der Waals surface area contributed by atoms with Crippen molar-refractivity contribution in [1.82, 2.24) is 9.97 Å². The highest BCUT2D eigenvalue weighted by Crippen LogP contribution is 2.56. The molecule has 0 bridgehead atoms. The molecule has 2 aliphatic rings. The van der Waals surface area contributed by atoms with Crippen molar-refractivity contribution in [2.45, 2.75) is 19.3 Å². The first kappa shape index (κ1) is 28.6. The Bertz CT molecular complexity index is 2250. The zero-order valence-corrected chi connectivity index (χ0v) is 28.1. The molecule has 2 nitrogen and oxygen atoms in total. The molecule has 7 aromatic rings. The van der Waals surface area contributed by atoms with E-state index in [-0.39, 0.29) is 5.41 Å². The highest BCUT2D eigenvalue weighted by Gasteiger charge is 2.57. The van der Waals surface area contributed by atoms with Crippen LogP contribution in [-0.4, -0.2) is 18.0 Å². The predicted molar refractivity (Wildman–Crippen MR) is 202 cm³/mol. The van der Waals surface area contributed by atoms with Gasteiger partial charge in [-0.25, -0.2) is 9.97 Å². The van der Waals surface area contributed by atoms with Crippen molar-refractivity contribution in [3.63, 3.8) is 0 Å². The van der Waals surface area contributed by atoms with E-state index < -0.39 is 8.07 Å². The van der Waals surface area contributed by atoms with E-state index in [2.05, 4.69) is 172 Å². The molecule has 1 aromatic heterocycles. The highest BCUT2D eigenvalue weighted by atomic mass is 28.3. The van der Waals surface area contributed by atoms with Crippen LogP contribution in [0.1, 0.15) is 30.5 Å². The van der Waals surface area contributed by atoms with Crippen molar-refractivity contribution in [1.29, 1.82) is 0 Å². The van der Waals surface area contributed by atoms with Crippen LogP contribution in [0.4, 0.5) is 0 Å². The van der Waals surface area contributed by atoms with Crippen LogP contribution in [0.15, 0.2) is 170 Å². The molecule has 1 aliphatic heterocycles. The first-order valence-electron chi connectivity index (χ1n) is 16.7. The number of nitrogens with zero attached hydrogens (tertiary/aromatic N) is 2. The number of hydrogen-bond acceptors (Lipinski definition) is 2. The van der Waals surface area contributed by atoms with Crippen LogP contribution in [0.2, 0.25) is 0 Å². The average Bonchev–Trinajstić information content (AvgIpc) is 3.60. The number of rotatable bonds is 5. The SMILES string of the molecule is CC1(C)C2=C(c3ccccc31)[Si](c1ccccc1)(c1ccccc1)c1ccc(-c3nc(-c4ccccc4)cc(-c4ccccc4)n3)cc12. The summed E-state index contributed by atoms with van der Waals surface area (Å²) in [6.45, 7) is 4.82. The van der Waals surface area contributed by atoms with E-state index in [0.717, 1.165) is 33.9 Å². The Kier molecular flexibility index (Phi) is 6.53. The average molecular weight is 631 g/mol. The predicted octanol–water partition coefficient (Wildman–Crippen LogP) is 8.70. The molecule has 48 heavy (non-hydrogen) atoms. The quantitative estimate of drug-likeness (QED) is 0.178. The van der Waals surface area contributed by atoms with E-state index in [1.807, 2.05) is 12.1 Å². The van der Waals surface area contributed by atoms with Crippen molar-refractivity contribution in [2.75, 3.05) is 0 Å². The van der Waals surface area contributed by atoms with Crippen molar-refractivity contribution < 1.29 is 0 Å². The lowest BCUT2D eigenvalue weighted by molar-refractivity contribution is 0.704. The molecular weight excluding hydrogens is 597 g/mol. The fourth-order valence-corrected chi connectivity index (χ4v) is 13.8. The minimum Gasteiger partial charge on any atom is -0.228 e. The maximum Gasteiger partial charge on any atom is 0.181 e. The molecule has 3 heteroatoms. The zero-order valence-electron chi connectivity index (χ0n) is 27.1. The van der Waals surface area contributed by atoms with Gasteiger partial charge < -0.3 is 0 Å². The lowest BCUT2D eigenvalue weighted by atomic mass is 9.78. The monoisotopic (exact) mass is 630 g/mol. The van der Waals surface area contributed by atoms with Gasteiger partial charge in [0, 0.05) is 22.1 Å². The summed E-state index contributed by atoms with van der Waals surface area (Å²) >= 11 is 0. The minimum absolute atomic E-state index is 0.167. The summed E-state index contributed by atoms with van der Waals surface area (Å²) in [6.07, 6.45) is 0. The van der Waals surface area contributed by atoms with Gasteiger partial charge >= 0.3 is 0 Å². The van der Waals surface area contributed by atoms with Gasteiger partial charge in [0.15, 0.2) is 13.9 Å². The molecule has 0 spiro atoms. The van der Waals surface area contributed by atoms with Crippen LogP contribution in [0, 0.1) is 0 Å². The van der Waals surface area contributed by atoms with Gasteiger partial charge in [-0.1, -0.05) is 172 Å². The third-order valence-electron chi connectivity index (χ3n) is 10.3. The number of fused-ring (bicyclic) bond motifs is 4. The van der Waals surface area contributed by atoms with Crippen LogP contribution in [-0.2, 0) is 5.41 Å². The van der Waals surface area contributed by atoms with E-state index in [1.54, 1.807) is 0 Å². The van der Waals surface area contributed by atoms with Crippen LogP contribution >= 0.6 is 0 Å². The second kappa shape index (κ2) is 11.0. The Morgan fingerprint density at radius 3 is 1.52 bits per heavy atom. The second-order valence-corrected chi connectivity index (χ2v) is 17.1. The summed E-state index contributed by atoms with van der Waals surface area (Å²) in [6, 6.07) is 61.7. The first-order chi connectivity index (χ1) is 23.6. The van der Waals surface area contributed by atoms with E-state index in [0.29, 0.717) is 0 Å². The van der Waals surface area contributed by atoms with E-state index in [1.165, 1.54) is 43.0 Å². The smallest absolute Gasteiger partial charge is 0.181 e. The largest absolute Gasteiger partial charge is 0.228 e. The van der Waals surface area contributed by atoms with Gasteiger partial charge in [0.2, 0.25) is 0 Å². The molecule has 0 radical (unpaired) electrons. The molecule has 0 saturated heterocycles. The van der Waals surface area contributed by atoms with Crippen LogP contribution in [0.25, 0.3) is 44.7 Å². The molecule has 0 fully saturated rings. The van der Waals surface area contributed by atoms with Crippen LogP contribution in [0.3, 0.4) is 0 Å². The van der Waals surface area contributed by atoms with Crippen molar-refractivity contribution >= 4 is 34.4 Å². The Hall–Kier alpha value is -5.64. The molecule has 0 amide bonds. The summed E-state index contributed by atoms with van der Waals surface area (Å²) in [4.78, 5) is 10.4. The number of allylic oxidation sites excluding steroid dienone is 1. The molecule has 228 valence electrons. The van der Waals surface area contributed by atoms with Gasteiger partial charge in [0.1, 0.15) is 0 Å². The maximum absolute atomic E-state index is 5.22. The summed E-state index contributed by atoms with van der Waals surface area (Å²) in [5, 5.41) is 5.79. The maximum atomic E-state index is 5.22. The third kappa shape index (κ3) is 4.18. The third-order valence-corrected chi connectivity index (χ3v) is 15.3. The Labute approximate surface area is 283 Å². The minimum atomic E-state index is -2.69. The Morgan fingerprint density at radius 1 is 0.458 bits per heavy atom. The second-order valence-electron chi connectivity index (χ2n) is 13.4. The molecular formula is C45H34N2Si. The number of benzene rings is 6. The molecule has 6 aromatic carbocycles. The van der Waals surface area contributed by atoms with Crippen LogP contribution < -0.4 is 15.6 Å². The summed E-state index contributed by atoms with van der Waals surface area (Å²) in [5.41, 5.74) is 10.4. The van der Waals surface area contributed by atoms with Crippen LogP contribution in [0.5, 0.6) is 0 Å². The number of aromatic nitrogens is 2. The molecule has 9 rings (SSSR count). The van der Waals surface area contributed by atoms with E-state index in [4.69, 9.17) is 9.97 Å². The van der Waals surface area contributed by atoms with Gasteiger partial charge in [0.25, 0.3) is 0 Å². The fourth-order valence-electron chi connectivity index (χ4n) is 8.27. The van der Waals surface area contributed by atoms with Gasteiger partial charge in [-0.2, -0.15) is 0 Å². The summed E-state index contributed by atoms with van der Waals surface area (Å²) in [7, 11) is -2.69. The highest BCUT2D eigenvalue weighted by molar-refractivity contribution is 7.25. The fraction of sp³-hybridized carbons (Fsp3) is 0.0667. The molecule has 0 saturated carbocycles. The summed E-state index contributed by atoms with van der Waals surface area (Å²) < 4.78 is 0. The van der Waals surface area contributed by atoms with Crippen molar-refractivity contribution in [3.05, 3.63) is 187 Å². The molecule has 0 atom stereocenters. The Balaban J connectivity index is 1.34. The molecule has 0 unspecified atom stereocenters. The Morgan fingerprint density at radius 2 is 0.958 bits per heavy atom. The van der Waals surface area contributed by atoms with E-state index >= 15 is 0 Å². The van der Waals surface area contributed by atoms with E-state index in [9.17, 15) is 0 Å². The van der Waals surface area contributed by atoms with Gasteiger partial charge in [-0.05, 0) is 55.2 Å². The standard InChI is InChI=1S/C45H34N2Si/c1-45(2)38-26-16-15-25-36(38)43-42(45)37-29-33(27-28-41(37)48(43,34-21-11-5-12-22-34)35-23-13-6-14-24-35)44-46-39(31-17-7-3-8-18-31)30-40(47-44)32-19-9-4-10-20-32/h3-30H,1-2H3. The zero-order chi connectivity index (χ0) is 32.3. The normalized spacial score (nSPS) is 15.1. The number of hydrogen-bond donors (Lipinski definition) is 0. The first-order valence-corrected chi connectivity index (χ1v) is 18.7. The molecule has 1 aliphatic carbocycles. The van der Waals surface area contributed by atoms with Gasteiger partial charge in [-0.3, -0.25) is 0 Å². The van der Waals surface area contributed by atoms with Gasteiger partial charge in [0.05, 0.1) is 11.4 Å². The van der Waals surface area contributed by atoms with Crippen molar-refractivity contribution in [2.24, 2.45) is 0 Å². The topological polar surface area (TPSA) is 25.8 Å². The molecule has 0 N–H and O–H groups in total. The summed E-state index contributed by atoms with van der Waals surface area (Å²) in [5.74, 6) is 0.743.